The molecule has 0 aromatic carbocycles. The van der Waals surface area contributed by atoms with E-state index in [2.05, 4.69) is 43.2 Å². The molecule has 0 bridgehead atoms. The molecular formula is C10H16Br2N2OS. The number of hydrogen-bond donors (Lipinski definition) is 2. The topological polar surface area (TPSA) is 47.3 Å². The quantitative estimate of drug-likeness (QED) is 0.808. The summed E-state index contributed by atoms with van der Waals surface area (Å²) < 4.78 is 7.37. The first-order chi connectivity index (χ1) is 7.58. The molecule has 0 fully saturated rings. The number of thiophene rings is 1. The van der Waals surface area contributed by atoms with Gasteiger partial charge in [-0.15, -0.1) is 11.3 Å². The standard InChI is InChI=1S/C10H16Br2N2OS/c1-6(15-2)5-14-8(4-13)9-3-7(11)10(12)16-9/h3,6,8,14H,4-5,13H2,1-2H3. The molecule has 2 unspecified atom stereocenters. The second-order valence-electron chi connectivity index (χ2n) is 3.51. The van der Waals surface area contributed by atoms with Crippen molar-refractivity contribution in [3.05, 3.63) is 19.2 Å². The summed E-state index contributed by atoms with van der Waals surface area (Å²) in [5.41, 5.74) is 5.76. The number of nitrogens with two attached hydrogens (primary N) is 1. The molecule has 1 aromatic rings. The normalized spacial score (nSPS) is 15.1. The van der Waals surface area contributed by atoms with Gasteiger partial charge in [-0.3, -0.25) is 0 Å². The van der Waals surface area contributed by atoms with Crippen LogP contribution in [0.15, 0.2) is 14.3 Å². The fraction of sp³-hybridized carbons (Fsp3) is 0.600. The van der Waals surface area contributed by atoms with Gasteiger partial charge in [0.05, 0.1) is 15.9 Å². The Morgan fingerprint density at radius 2 is 2.25 bits per heavy atom. The van der Waals surface area contributed by atoms with E-state index in [1.165, 1.54) is 4.88 Å². The van der Waals surface area contributed by atoms with E-state index in [9.17, 15) is 0 Å². The molecule has 0 radical (unpaired) electrons. The van der Waals surface area contributed by atoms with E-state index in [0.717, 1.165) is 14.8 Å². The Bertz CT molecular complexity index is 313. The van der Waals surface area contributed by atoms with E-state index in [4.69, 9.17) is 10.5 Å². The van der Waals surface area contributed by atoms with Gasteiger partial charge in [0.15, 0.2) is 0 Å². The third-order valence-electron chi connectivity index (χ3n) is 2.30. The Balaban J connectivity index is 2.60. The number of methoxy groups -OCH3 is 1. The van der Waals surface area contributed by atoms with Gasteiger partial charge in [0.25, 0.3) is 0 Å². The summed E-state index contributed by atoms with van der Waals surface area (Å²) in [6.07, 6.45) is 0.195. The van der Waals surface area contributed by atoms with Gasteiger partial charge in [-0.2, -0.15) is 0 Å². The maximum Gasteiger partial charge on any atom is 0.0843 e. The lowest BCUT2D eigenvalue weighted by molar-refractivity contribution is 0.114. The van der Waals surface area contributed by atoms with E-state index in [1.807, 2.05) is 6.92 Å². The summed E-state index contributed by atoms with van der Waals surface area (Å²) in [6.45, 7) is 3.40. The van der Waals surface area contributed by atoms with Gasteiger partial charge >= 0.3 is 0 Å². The van der Waals surface area contributed by atoms with Gasteiger partial charge in [0, 0.05) is 29.5 Å². The Kier molecular flexibility index (Phi) is 6.46. The van der Waals surface area contributed by atoms with Crippen LogP contribution in [0.4, 0.5) is 0 Å². The van der Waals surface area contributed by atoms with Crippen LogP contribution in [0.2, 0.25) is 0 Å². The van der Waals surface area contributed by atoms with Crippen molar-refractivity contribution in [1.82, 2.24) is 5.32 Å². The molecule has 16 heavy (non-hydrogen) atoms. The first kappa shape index (κ1) is 14.6. The minimum absolute atomic E-state index is 0.185. The summed E-state index contributed by atoms with van der Waals surface area (Å²) in [5.74, 6) is 0. The highest BCUT2D eigenvalue weighted by Crippen LogP contribution is 2.35. The van der Waals surface area contributed by atoms with E-state index in [0.29, 0.717) is 6.54 Å². The number of ether oxygens (including phenoxy) is 1. The van der Waals surface area contributed by atoms with Crippen LogP contribution in [-0.4, -0.2) is 26.3 Å². The van der Waals surface area contributed by atoms with Crippen molar-refractivity contribution in [2.75, 3.05) is 20.2 Å². The smallest absolute Gasteiger partial charge is 0.0843 e. The number of rotatable bonds is 6. The van der Waals surface area contributed by atoms with E-state index < -0.39 is 0 Å². The third-order valence-corrected chi connectivity index (χ3v) is 5.67. The fourth-order valence-corrected chi connectivity index (χ4v) is 3.40. The van der Waals surface area contributed by atoms with E-state index in [-0.39, 0.29) is 12.1 Å². The SMILES string of the molecule is COC(C)CNC(CN)c1cc(Br)c(Br)s1. The van der Waals surface area contributed by atoms with Gasteiger partial charge in [0.2, 0.25) is 0 Å². The predicted octanol–water partition coefficient (Wildman–Crippen LogP) is 2.90. The monoisotopic (exact) mass is 370 g/mol. The molecule has 0 aliphatic carbocycles. The van der Waals surface area contributed by atoms with Crippen molar-refractivity contribution >= 4 is 43.2 Å². The molecule has 1 heterocycles. The van der Waals surface area contributed by atoms with Crippen LogP contribution in [-0.2, 0) is 4.74 Å². The van der Waals surface area contributed by atoms with Crippen molar-refractivity contribution in [3.63, 3.8) is 0 Å². The summed E-state index contributed by atoms with van der Waals surface area (Å²) in [7, 11) is 1.71. The average Bonchev–Trinajstić information content (AvgIpc) is 2.59. The zero-order valence-corrected chi connectivity index (χ0v) is 13.3. The van der Waals surface area contributed by atoms with Crippen molar-refractivity contribution in [2.45, 2.75) is 19.1 Å². The zero-order valence-electron chi connectivity index (χ0n) is 9.30. The van der Waals surface area contributed by atoms with Gasteiger partial charge < -0.3 is 15.8 Å². The Morgan fingerprint density at radius 1 is 1.56 bits per heavy atom. The lowest BCUT2D eigenvalue weighted by Gasteiger charge is -2.18. The number of nitrogens with one attached hydrogen (secondary N) is 1. The average molecular weight is 372 g/mol. The second-order valence-corrected chi connectivity index (χ2v) is 6.77. The molecule has 1 aromatic heterocycles. The molecule has 92 valence electrons. The van der Waals surface area contributed by atoms with Gasteiger partial charge in [-0.25, -0.2) is 0 Å². The highest BCUT2D eigenvalue weighted by molar-refractivity contribution is 9.13. The molecule has 2 atom stereocenters. The Morgan fingerprint density at radius 3 is 2.69 bits per heavy atom. The van der Waals surface area contributed by atoms with E-state index in [1.54, 1.807) is 18.4 Å². The first-order valence-electron chi connectivity index (χ1n) is 4.99. The summed E-state index contributed by atoms with van der Waals surface area (Å²) in [4.78, 5) is 1.23. The zero-order chi connectivity index (χ0) is 12.1. The largest absolute Gasteiger partial charge is 0.380 e. The molecule has 0 amide bonds. The molecule has 0 spiro atoms. The van der Waals surface area contributed by atoms with Crippen LogP contribution < -0.4 is 11.1 Å². The summed E-state index contributed by atoms with van der Waals surface area (Å²) in [6, 6.07) is 2.28. The van der Waals surface area contributed by atoms with Crippen molar-refractivity contribution in [3.8, 4) is 0 Å². The Labute approximate surface area is 117 Å². The molecule has 0 aliphatic heterocycles. The lowest BCUT2D eigenvalue weighted by Crippen LogP contribution is -2.33. The number of hydrogen-bond acceptors (Lipinski definition) is 4. The van der Waals surface area contributed by atoms with Crippen molar-refractivity contribution in [1.29, 1.82) is 0 Å². The second kappa shape index (κ2) is 7.08. The predicted molar refractivity (Wildman–Crippen MR) is 76.0 cm³/mol. The molecule has 3 nitrogen and oxygen atoms in total. The lowest BCUT2D eigenvalue weighted by atomic mass is 10.2. The van der Waals surface area contributed by atoms with Crippen LogP contribution in [0.3, 0.4) is 0 Å². The third kappa shape index (κ3) is 4.09. The van der Waals surface area contributed by atoms with Crippen molar-refractivity contribution < 1.29 is 4.74 Å². The van der Waals surface area contributed by atoms with Gasteiger partial charge in [-0.1, -0.05) is 0 Å². The molecule has 1 rings (SSSR count). The Hall–Kier alpha value is 0.540. The molecule has 6 heteroatoms. The minimum Gasteiger partial charge on any atom is -0.380 e. The molecule has 0 aliphatic rings. The van der Waals surface area contributed by atoms with Crippen LogP contribution in [0.1, 0.15) is 17.8 Å². The minimum atomic E-state index is 0.185. The molecule has 0 saturated heterocycles. The highest BCUT2D eigenvalue weighted by atomic mass is 79.9. The maximum atomic E-state index is 5.76. The fourth-order valence-electron chi connectivity index (χ4n) is 1.23. The van der Waals surface area contributed by atoms with Crippen LogP contribution in [0, 0.1) is 0 Å². The van der Waals surface area contributed by atoms with Crippen LogP contribution in [0.25, 0.3) is 0 Å². The molecular weight excluding hydrogens is 356 g/mol. The number of halogens is 2. The summed E-state index contributed by atoms with van der Waals surface area (Å²) in [5, 5.41) is 3.40. The van der Waals surface area contributed by atoms with E-state index >= 15 is 0 Å². The first-order valence-corrected chi connectivity index (χ1v) is 7.39. The molecule has 0 saturated carbocycles. The van der Waals surface area contributed by atoms with Crippen molar-refractivity contribution in [2.24, 2.45) is 5.73 Å². The maximum absolute atomic E-state index is 5.76. The van der Waals surface area contributed by atoms with Gasteiger partial charge in [-0.05, 0) is 44.8 Å². The van der Waals surface area contributed by atoms with Gasteiger partial charge in [0.1, 0.15) is 0 Å². The highest BCUT2D eigenvalue weighted by Gasteiger charge is 2.14. The summed E-state index contributed by atoms with van der Waals surface area (Å²) >= 11 is 8.66. The molecule has 3 N–H and O–H groups in total. The van der Waals surface area contributed by atoms with Crippen LogP contribution >= 0.6 is 43.2 Å². The van der Waals surface area contributed by atoms with Crippen LogP contribution in [0.5, 0.6) is 0 Å².